The molecule has 7 rings (SSSR count). The number of aliphatic hydroxyl groups excluding tert-OH is 2. The maximum absolute atomic E-state index is 13.2. The third-order valence-corrected chi connectivity index (χ3v) is 9.23. The number of ether oxygens (including phenoxy) is 2. The van der Waals surface area contributed by atoms with Crippen LogP contribution in [0.15, 0.2) is 25.3 Å². The minimum atomic E-state index is -5.05. The van der Waals surface area contributed by atoms with Crippen LogP contribution in [-0.4, -0.2) is 109 Å². The molecule has 4 aromatic heterocycles. The van der Waals surface area contributed by atoms with Gasteiger partial charge in [-0.25, -0.2) is 39.0 Å². The third-order valence-electron chi connectivity index (χ3n) is 7.26. The van der Waals surface area contributed by atoms with Crippen LogP contribution in [0.2, 0.25) is 0 Å². The quantitative estimate of drug-likeness (QED) is 0.132. The lowest BCUT2D eigenvalue weighted by molar-refractivity contribution is -0.0672. The lowest BCUT2D eigenvalue weighted by Gasteiger charge is -2.25. The summed E-state index contributed by atoms with van der Waals surface area (Å²) in [6.45, 7) is -1.56. The Morgan fingerprint density at radius 3 is 1.80 bits per heavy atom. The van der Waals surface area contributed by atoms with Crippen LogP contribution in [-0.2, 0) is 36.7 Å². The summed E-state index contributed by atoms with van der Waals surface area (Å²) >= 11 is 0. The molecule has 8 N–H and O–H groups in total. The van der Waals surface area contributed by atoms with E-state index in [0.717, 1.165) is 12.7 Å². The molecule has 3 aliphatic rings. The Balaban J connectivity index is 1.20. The highest BCUT2D eigenvalue weighted by molar-refractivity contribution is 7.47. The topological polar surface area (TPSA) is 310 Å². The number of nitrogen functional groups attached to an aromatic ring is 2. The molecule has 3 aliphatic heterocycles. The van der Waals surface area contributed by atoms with Crippen molar-refractivity contribution in [3.05, 3.63) is 25.3 Å². The fourth-order valence-corrected chi connectivity index (χ4v) is 7.12. The van der Waals surface area contributed by atoms with Crippen LogP contribution in [0.4, 0.5) is 11.6 Å². The normalized spacial score (nSPS) is 38.3. The summed E-state index contributed by atoms with van der Waals surface area (Å²) in [6.07, 6.45) is -7.41. The second kappa shape index (κ2) is 10.7. The number of nitrogens with zero attached hydrogens (tertiary/aromatic N) is 8. The van der Waals surface area contributed by atoms with Crippen molar-refractivity contribution in [1.29, 1.82) is 0 Å². The van der Waals surface area contributed by atoms with Gasteiger partial charge in [-0.15, -0.1) is 0 Å². The predicted octanol–water partition coefficient (Wildman–Crippen LogP) is -1.63. The molecule has 0 aromatic carbocycles. The van der Waals surface area contributed by atoms with Crippen LogP contribution in [0.3, 0.4) is 0 Å². The van der Waals surface area contributed by atoms with Gasteiger partial charge in [0.25, 0.3) is 0 Å². The summed E-state index contributed by atoms with van der Waals surface area (Å²) in [5, 5.41) is 22.1. The Bertz CT molecular complexity index is 1820. The number of hydrogen-bond donors (Lipinski definition) is 6. The van der Waals surface area contributed by atoms with Gasteiger partial charge >= 0.3 is 15.6 Å². The third kappa shape index (κ3) is 5.04. The summed E-state index contributed by atoms with van der Waals surface area (Å²) in [6, 6.07) is 0. The number of nitrogens with two attached hydrogens (primary N) is 2. The van der Waals surface area contributed by atoms with E-state index < -0.39 is 77.9 Å². The lowest BCUT2D eigenvalue weighted by atomic mass is 10.1. The van der Waals surface area contributed by atoms with Crippen molar-refractivity contribution in [1.82, 2.24) is 39.0 Å². The molecule has 236 valence electrons. The first-order valence-electron chi connectivity index (χ1n) is 12.8. The zero-order valence-electron chi connectivity index (χ0n) is 22.0. The maximum atomic E-state index is 13.2. The molecule has 3 saturated heterocycles. The minimum absolute atomic E-state index is 0.0348. The number of aromatic nitrogens is 8. The molecule has 0 spiro atoms. The number of fused-ring (bicyclic) bond motifs is 5. The molecule has 2 bridgehead atoms. The second-order valence-corrected chi connectivity index (χ2v) is 12.8. The van der Waals surface area contributed by atoms with Gasteiger partial charge in [0.2, 0.25) is 0 Å². The average molecular weight is 658 g/mol. The monoisotopic (exact) mass is 658 g/mol. The van der Waals surface area contributed by atoms with E-state index in [9.17, 15) is 29.1 Å². The highest BCUT2D eigenvalue weighted by atomic mass is 31.2. The van der Waals surface area contributed by atoms with Crippen molar-refractivity contribution >= 4 is 49.6 Å². The number of aliphatic hydroxyl groups is 2. The van der Waals surface area contributed by atoms with Crippen molar-refractivity contribution in [3.8, 4) is 0 Å². The number of rotatable bonds is 2. The van der Waals surface area contributed by atoms with E-state index in [4.69, 9.17) is 39.0 Å². The summed E-state index contributed by atoms with van der Waals surface area (Å²) in [5.41, 5.74) is 12.3. The van der Waals surface area contributed by atoms with E-state index in [2.05, 4.69) is 29.9 Å². The molecule has 10 atom stereocenters. The van der Waals surface area contributed by atoms with Crippen molar-refractivity contribution < 1.29 is 56.7 Å². The van der Waals surface area contributed by atoms with Gasteiger partial charge in [0.05, 0.1) is 25.9 Å². The first-order chi connectivity index (χ1) is 20.9. The van der Waals surface area contributed by atoms with Crippen LogP contribution in [0.25, 0.3) is 22.3 Å². The van der Waals surface area contributed by atoms with Gasteiger partial charge < -0.3 is 40.9 Å². The molecular weight excluding hydrogens is 634 g/mol. The molecule has 44 heavy (non-hydrogen) atoms. The Kier molecular flexibility index (Phi) is 7.16. The van der Waals surface area contributed by atoms with Crippen LogP contribution in [0.5, 0.6) is 0 Å². The first-order valence-corrected chi connectivity index (χ1v) is 15.8. The van der Waals surface area contributed by atoms with Crippen LogP contribution >= 0.6 is 15.6 Å². The Hall–Kier alpha value is -3.24. The molecular formula is C20H24N10O12P2. The molecule has 0 amide bonds. The summed E-state index contributed by atoms with van der Waals surface area (Å²) < 4.78 is 61.4. The van der Waals surface area contributed by atoms with Gasteiger partial charge in [-0.3, -0.25) is 27.2 Å². The summed E-state index contributed by atoms with van der Waals surface area (Å²) in [7, 11) is -10.1. The zero-order valence-corrected chi connectivity index (χ0v) is 23.8. The van der Waals surface area contributed by atoms with Crippen molar-refractivity contribution in [3.63, 3.8) is 0 Å². The largest absolute Gasteiger partial charge is 0.472 e. The van der Waals surface area contributed by atoms with E-state index in [1.165, 1.54) is 21.8 Å². The number of phosphoric ester groups is 2. The SMILES string of the molecule is Nc1ncnc2c1ncn2[C@@H]1O[C@@H]2COP(=O)(O)O[C@@H]3[C@H](O)[C@@H](COP(=O)(O)O[C@H]2[C@H]1O)O[C@H]3n1cnc2c(N)ncnc21. The summed E-state index contributed by atoms with van der Waals surface area (Å²) in [5.74, 6) is 0.0829. The van der Waals surface area contributed by atoms with E-state index in [0.29, 0.717) is 0 Å². The van der Waals surface area contributed by atoms with E-state index in [1.54, 1.807) is 0 Å². The molecule has 3 fully saturated rings. The Morgan fingerprint density at radius 1 is 0.705 bits per heavy atom. The van der Waals surface area contributed by atoms with E-state index >= 15 is 0 Å². The van der Waals surface area contributed by atoms with Crippen molar-refractivity contribution in [2.24, 2.45) is 0 Å². The molecule has 0 saturated carbocycles. The van der Waals surface area contributed by atoms with E-state index in [1.807, 2.05) is 0 Å². The van der Waals surface area contributed by atoms with Gasteiger partial charge in [-0.05, 0) is 0 Å². The number of anilines is 2. The average Bonchev–Trinajstić information content (AvgIpc) is 3.73. The fourth-order valence-electron chi connectivity index (χ4n) is 5.22. The van der Waals surface area contributed by atoms with Crippen molar-refractivity contribution in [2.45, 2.75) is 49.1 Å². The number of imidazole rings is 2. The number of hydrogen-bond acceptors (Lipinski definition) is 18. The van der Waals surface area contributed by atoms with Gasteiger partial charge in [-0.2, -0.15) is 0 Å². The molecule has 7 heterocycles. The Morgan fingerprint density at radius 2 is 1.20 bits per heavy atom. The lowest BCUT2D eigenvalue weighted by Crippen LogP contribution is -2.36. The molecule has 0 radical (unpaired) electrons. The highest BCUT2D eigenvalue weighted by Gasteiger charge is 2.54. The fraction of sp³-hybridized carbons (Fsp3) is 0.500. The zero-order chi connectivity index (χ0) is 31.0. The van der Waals surface area contributed by atoms with Gasteiger partial charge in [0, 0.05) is 0 Å². The van der Waals surface area contributed by atoms with Crippen LogP contribution in [0, 0.1) is 0 Å². The minimum Gasteiger partial charge on any atom is -0.387 e. The molecule has 22 nitrogen and oxygen atoms in total. The van der Waals surface area contributed by atoms with Crippen LogP contribution in [0.1, 0.15) is 12.5 Å². The van der Waals surface area contributed by atoms with Gasteiger partial charge in [0.1, 0.15) is 60.3 Å². The standard InChI is InChI=1S/C20H24N10O12P2/c21-15-9-17(25-3-23-15)29(5-27-9)19-12(32)13-8(40-19)2-38-44(35,36)42-14-11(31)7(1-37-43(33,34)41-13)39-20(14)30-6-28-10-16(22)24-4-26-18(10)30/h3-8,11-14,19-20,31-32H,1-2H2,(H,33,34)(H,35,36)(H2,21,23,25)(H2,22,24,26)/t7-,8-,11-,12-,13-,14-,19-,20-/m1/s1. The van der Waals surface area contributed by atoms with Gasteiger partial charge in [0.15, 0.2) is 35.4 Å². The summed E-state index contributed by atoms with van der Waals surface area (Å²) in [4.78, 5) is 45.4. The highest BCUT2D eigenvalue weighted by Crippen LogP contribution is 2.53. The smallest absolute Gasteiger partial charge is 0.387 e. The second-order valence-electron chi connectivity index (χ2n) is 9.95. The molecule has 24 heteroatoms. The first kappa shape index (κ1) is 29.5. The predicted molar refractivity (Wildman–Crippen MR) is 141 cm³/mol. The number of phosphoric acid groups is 2. The maximum Gasteiger partial charge on any atom is 0.472 e. The molecule has 4 aromatic rings. The molecule has 2 unspecified atom stereocenters. The van der Waals surface area contributed by atoms with E-state index in [-0.39, 0.29) is 34.0 Å². The van der Waals surface area contributed by atoms with Crippen LogP contribution < -0.4 is 11.5 Å². The van der Waals surface area contributed by atoms with Crippen molar-refractivity contribution in [2.75, 3.05) is 24.7 Å². The van der Waals surface area contributed by atoms with Gasteiger partial charge in [-0.1, -0.05) is 0 Å². The molecule has 0 aliphatic carbocycles. The Labute approximate surface area is 244 Å².